The Morgan fingerprint density at radius 1 is 1.00 bits per heavy atom. The van der Waals surface area contributed by atoms with Gasteiger partial charge in [-0.25, -0.2) is 19.1 Å². The number of carbonyl (C=O) groups excluding carboxylic acids is 1. The summed E-state index contributed by atoms with van der Waals surface area (Å²) in [4.78, 5) is 28.9. The third kappa shape index (κ3) is 7.18. The lowest BCUT2D eigenvalue weighted by Crippen LogP contribution is -2.41. The van der Waals surface area contributed by atoms with Crippen molar-refractivity contribution in [3.8, 4) is 17.1 Å². The second kappa shape index (κ2) is 12.4. The Morgan fingerprint density at radius 2 is 1.65 bits per heavy atom. The van der Waals surface area contributed by atoms with Crippen LogP contribution in [0.1, 0.15) is 17.7 Å². The Kier molecular flexibility index (Phi) is 9.19. The quantitative estimate of drug-likeness (QED) is 0.236. The summed E-state index contributed by atoms with van der Waals surface area (Å²) in [6, 6.07) is 9.66. The molecule has 2 aromatic heterocycles. The molecule has 4 rings (SSSR count). The van der Waals surface area contributed by atoms with Crippen molar-refractivity contribution in [3.63, 3.8) is 0 Å². The van der Waals surface area contributed by atoms with E-state index in [0.29, 0.717) is 9.25 Å². The second-order valence-corrected chi connectivity index (χ2v) is 9.74. The lowest BCUT2D eigenvalue weighted by molar-refractivity contribution is -0.207. The lowest BCUT2D eigenvalue weighted by atomic mass is 10.2. The molecule has 2 heterocycles. The molecular formula is C24H19Cl2F6N7O4. The largest absolute Gasteiger partial charge is 0.471 e. The van der Waals surface area contributed by atoms with Gasteiger partial charge >= 0.3 is 23.9 Å². The number of aromatic nitrogens is 6. The summed E-state index contributed by atoms with van der Waals surface area (Å²) in [5.41, 5.74) is -0.876. The standard InChI is InChI=1S/C24H19Cl2F6N7O4/c25-13-7-5-12(6-8-13)19-36-38(22(43)37(19)9-17(41)23(27,28)29)10-18-34-20(15(11-40)33-21(42)24(30,31)32)39(35-18)16-4-2-1-3-14(16)26/h1-8,15,17,40-41H,9-11H2,(H,33,42). The number of aliphatic hydroxyl groups excluding tert-OH is 2. The molecule has 0 aliphatic heterocycles. The van der Waals surface area contributed by atoms with E-state index in [-0.39, 0.29) is 32.9 Å². The molecule has 4 aromatic rings. The number of aliphatic hydroxyl groups is 2. The number of hydrogen-bond acceptors (Lipinski definition) is 7. The fourth-order valence-electron chi connectivity index (χ4n) is 3.83. The zero-order valence-electron chi connectivity index (χ0n) is 21.3. The number of hydrogen-bond donors (Lipinski definition) is 3. The van der Waals surface area contributed by atoms with Crippen LogP contribution in [0.4, 0.5) is 26.3 Å². The summed E-state index contributed by atoms with van der Waals surface area (Å²) in [7, 11) is 0. The third-order valence-corrected chi connectivity index (χ3v) is 6.44. The predicted molar refractivity (Wildman–Crippen MR) is 138 cm³/mol. The van der Waals surface area contributed by atoms with E-state index in [1.165, 1.54) is 48.5 Å². The van der Waals surface area contributed by atoms with Gasteiger partial charge < -0.3 is 15.5 Å². The number of benzene rings is 2. The summed E-state index contributed by atoms with van der Waals surface area (Å²) < 4.78 is 80.5. The van der Waals surface area contributed by atoms with Gasteiger partial charge in [-0.15, -0.1) is 10.2 Å². The first kappa shape index (κ1) is 32.0. The minimum absolute atomic E-state index is 0.0478. The zero-order valence-corrected chi connectivity index (χ0v) is 22.8. The van der Waals surface area contributed by atoms with E-state index in [4.69, 9.17) is 23.2 Å². The van der Waals surface area contributed by atoms with E-state index >= 15 is 0 Å². The van der Waals surface area contributed by atoms with Gasteiger partial charge in [-0.05, 0) is 36.4 Å². The van der Waals surface area contributed by atoms with Gasteiger partial charge in [0.15, 0.2) is 23.6 Å². The SMILES string of the molecule is O=C(NC(CO)c1nc(Cn2nc(-c3ccc(Cl)cc3)n(CC(O)C(F)(F)F)c2=O)nn1-c1ccccc1Cl)C(F)(F)F. The van der Waals surface area contributed by atoms with Crippen LogP contribution in [0.5, 0.6) is 0 Å². The summed E-state index contributed by atoms with van der Waals surface area (Å²) in [6.45, 7) is -2.91. The number of carbonyl (C=O) groups is 1. The molecule has 0 saturated heterocycles. The van der Waals surface area contributed by atoms with Gasteiger partial charge in [0.1, 0.15) is 12.6 Å². The lowest BCUT2D eigenvalue weighted by Gasteiger charge is -2.18. The molecule has 0 aliphatic rings. The van der Waals surface area contributed by atoms with Crippen molar-refractivity contribution in [2.24, 2.45) is 0 Å². The van der Waals surface area contributed by atoms with Crippen LogP contribution in [0.2, 0.25) is 10.0 Å². The van der Waals surface area contributed by atoms with Crippen molar-refractivity contribution in [1.82, 2.24) is 34.4 Å². The van der Waals surface area contributed by atoms with Gasteiger partial charge in [0, 0.05) is 10.6 Å². The number of nitrogens with one attached hydrogen (secondary N) is 1. The molecule has 0 spiro atoms. The molecule has 3 N–H and O–H groups in total. The fourth-order valence-corrected chi connectivity index (χ4v) is 4.17. The van der Waals surface area contributed by atoms with Crippen LogP contribution >= 0.6 is 23.2 Å². The molecule has 2 aromatic carbocycles. The highest BCUT2D eigenvalue weighted by Crippen LogP contribution is 2.26. The maximum absolute atomic E-state index is 13.2. The van der Waals surface area contributed by atoms with Crippen molar-refractivity contribution < 1.29 is 41.4 Å². The maximum atomic E-state index is 13.2. The summed E-state index contributed by atoms with van der Waals surface area (Å²) in [5.74, 6) is -3.38. The number of nitrogens with zero attached hydrogens (tertiary/aromatic N) is 6. The van der Waals surface area contributed by atoms with Gasteiger partial charge in [-0.1, -0.05) is 35.3 Å². The highest BCUT2D eigenvalue weighted by atomic mass is 35.5. The molecule has 0 aliphatic carbocycles. The monoisotopic (exact) mass is 653 g/mol. The Balaban J connectivity index is 1.81. The average molecular weight is 654 g/mol. The van der Waals surface area contributed by atoms with Crippen LogP contribution < -0.4 is 11.0 Å². The van der Waals surface area contributed by atoms with E-state index in [1.54, 1.807) is 5.32 Å². The van der Waals surface area contributed by atoms with Crippen molar-refractivity contribution in [2.75, 3.05) is 6.61 Å². The molecule has 0 bridgehead atoms. The molecule has 0 fully saturated rings. The topological polar surface area (TPSA) is 140 Å². The van der Waals surface area contributed by atoms with E-state index in [0.717, 1.165) is 4.68 Å². The number of alkyl halides is 6. The molecule has 2 unspecified atom stereocenters. The van der Waals surface area contributed by atoms with Gasteiger partial charge in [0.2, 0.25) is 0 Å². The molecule has 43 heavy (non-hydrogen) atoms. The maximum Gasteiger partial charge on any atom is 0.471 e. The van der Waals surface area contributed by atoms with Crippen molar-refractivity contribution in [1.29, 1.82) is 0 Å². The minimum Gasteiger partial charge on any atom is -0.394 e. The van der Waals surface area contributed by atoms with E-state index in [9.17, 15) is 46.1 Å². The Labute approximate surface area is 246 Å². The summed E-state index contributed by atoms with van der Waals surface area (Å²) >= 11 is 12.1. The Morgan fingerprint density at radius 3 is 2.23 bits per heavy atom. The van der Waals surface area contributed by atoms with Crippen LogP contribution in [-0.4, -0.2) is 70.3 Å². The molecule has 11 nitrogen and oxygen atoms in total. The summed E-state index contributed by atoms with van der Waals surface area (Å²) in [5, 5.41) is 29.7. The fraction of sp³-hybridized carbons (Fsp3) is 0.292. The first-order chi connectivity index (χ1) is 20.1. The van der Waals surface area contributed by atoms with Gasteiger partial charge in [-0.2, -0.15) is 26.3 Å². The molecule has 0 saturated carbocycles. The average Bonchev–Trinajstić information content (AvgIpc) is 3.48. The summed E-state index contributed by atoms with van der Waals surface area (Å²) in [6.07, 6.45) is -13.3. The predicted octanol–water partition coefficient (Wildman–Crippen LogP) is 3.28. The van der Waals surface area contributed by atoms with E-state index in [2.05, 4.69) is 15.2 Å². The van der Waals surface area contributed by atoms with Crippen LogP contribution in [-0.2, 0) is 17.9 Å². The highest BCUT2D eigenvalue weighted by Gasteiger charge is 2.41. The molecule has 0 radical (unpaired) electrons. The van der Waals surface area contributed by atoms with Gasteiger partial charge in [0.25, 0.3) is 0 Å². The highest BCUT2D eigenvalue weighted by molar-refractivity contribution is 6.32. The van der Waals surface area contributed by atoms with E-state index in [1.807, 2.05) is 0 Å². The minimum atomic E-state index is -5.30. The molecule has 230 valence electrons. The van der Waals surface area contributed by atoms with Crippen LogP contribution in [0, 0.1) is 0 Å². The van der Waals surface area contributed by atoms with Crippen LogP contribution in [0.25, 0.3) is 17.1 Å². The van der Waals surface area contributed by atoms with Gasteiger partial charge in [-0.3, -0.25) is 9.36 Å². The van der Waals surface area contributed by atoms with Crippen molar-refractivity contribution in [2.45, 2.75) is 37.6 Å². The van der Waals surface area contributed by atoms with Crippen LogP contribution in [0.3, 0.4) is 0 Å². The second-order valence-electron chi connectivity index (χ2n) is 8.89. The van der Waals surface area contributed by atoms with E-state index < -0.39 is 61.6 Å². The first-order valence-electron chi connectivity index (χ1n) is 12.0. The van der Waals surface area contributed by atoms with Gasteiger partial charge in [0.05, 0.1) is 23.9 Å². The number of halogens is 8. The van der Waals surface area contributed by atoms with Crippen molar-refractivity contribution >= 4 is 29.1 Å². The van der Waals surface area contributed by atoms with Crippen molar-refractivity contribution in [3.05, 3.63) is 80.7 Å². The number of rotatable bonds is 9. The normalized spacial score (nSPS) is 13.6. The smallest absolute Gasteiger partial charge is 0.394 e. The Bertz CT molecular complexity index is 1670. The Hall–Kier alpha value is -3.93. The zero-order chi connectivity index (χ0) is 31.7. The third-order valence-electron chi connectivity index (χ3n) is 5.86. The first-order valence-corrected chi connectivity index (χ1v) is 12.7. The number of amides is 1. The molecular weight excluding hydrogens is 635 g/mol. The molecule has 1 amide bonds. The van der Waals surface area contributed by atoms with Crippen LogP contribution in [0.15, 0.2) is 53.3 Å². The molecule has 19 heteroatoms. The molecule has 2 atom stereocenters. The number of para-hydroxylation sites is 1.